The molecule has 39 heavy (non-hydrogen) atoms. The zero-order chi connectivity index (χ0) is 27.1. The third kappa shape index (κ3) is 4.28. The maximum absolute atomic E-state index is 13.9. The molecule has 0 aliphatic carbocycles. The van der Waals surface area contributed by atoms with Gasteiger partial charge in [0.25, 0.3) is 0 Å². The van der Waals surface area contributed by atoms with E-state index in [4.69, 9.17) is 5.11 Å². The van der Waals surface area contributed by atoms with Crippen molar-refractivity contribution < 1.29 is 9.90 Å². The number of rotatable bonds is 6. The van der Waals surface area contributed by atoms with Crippen LogP contribution in [0.25, 0.3) is 28.0 Å². The van der Waals surface area contributed by atoms with Gasteiger partial charge in [-0.1, -0.05) is 24.3 Å². The van der Waals surface area contributed by atoms with Crippen molar-refractivity contribution in [2.75, 3.05) is 13.1 Å². The number of aromatic carboxylic acids is 1. The smallest absolute Gasteiger partial charge is 0.335 e. The number of nitrogens with zero attached hydrogens (tertiary/aromatic N) is 7. The quantitative estimate of drug-likeness (QED) is 0.364. The molecule has 1 atom stereocenters. The van der Waals surface area contributed by atoms with Crippen molar-refractivity contribution in [2.24, 2.45) is 7.05 Å². The lowest BCUT2D eigenvalue weighted by atomic mass is 10.0. The van der Waals surface area contributed by atoms with Crippen LogP contribution in [0.2, 0.25) is 0 Å². The van der Waals surface area contributed by atoms with Crippen LogP contribution < -0.4 is 5.69 Å². The van der Waals surface area contributed by atoms with Gasteiger partial charge in [0.1, 0.15) is 17.6 Å². The molecule has 1 N–H and O–H groups in total. The first-order valence-electron chi connectivity index (χ1n) is 12.6. The molecule has 5 aromatic rings. The van der Waals surface area contributed by atoms with Crippen molar-refractivity contribution >= 4 is 17.1 Å². The molecule has 1 aliphatic rings. The third-order valence-corrected chi connectivity index (χ3v) is 7.40. The average Bonchev–Trinajstić information content (AvgIpc) is 3.64. The van der Waals surface area contributed by atoms with Crippen LogP contribution in [0, 0.1) is 11.3 Å². The normalized spacial score (nSPS) is 15.5. The standard InChI is InChI=1S/C29H25N7O3/c1-33-24(15-30)16-32-26(33)18-34-14-12-23(17-34)36-27-25(3-2-13-31-27)35(29(36)39)22-10-8-20(9-11-22)19-4-6-21(7-5-19)28(37)38/h2-11,13,16,23H,12,14,17-18H2,1H3,(H,37,38). The number of nitriles is 1. The van der Waals surface area contributed by atoms with E-state index in [1.165, 1.54) is 0 Å². The second kappa shape index (κ2) is 9.70. The van der Waals surface area contributed by atoms with Crippen molar-refractivity contribution in [1.29, 1.82) is 5.26 Å². The summed E-state index contributed by atoms with van der Waals surface area (Å²) in [4.78, 5) is 36.2. The van der Waals surface area contributed by atoms with E-state index in [1.807, 2.05) is 43.4 Å². The van der Waals surface area contributed by atoms with E-state index in [0.717, 1.165) is 41.1 Å². The van der Waals surface area contributed by atoms with Gasteiger partial charge in [-0.3, -0.25) is 14.0 Å². The first-order valence-corrected chi connectivity index (χ1v) is 12.6. The van der Waals surface area contributed by atoms with E-state index < -0.39 is 5.97 Å². The molecule has 194 valence electrons. The van der Waals surface area contributed by atoms with Gasteiger partial charge in [-0.05, 0) is 53.9 Å². The van der Waals surface area contributed by atoms with Crippen LogP contribution in [0.3, 0.4) is 0 Å². The number of aromatic nitrogens is 5. The second-order valence-corrected chi connectivity index (χ2v) is 9.67. The average molecular weight is 520 g/mol. The molecule has 2 aromatic carbocycles. The number of imidazole rings is 2. The summed E-state index contributed by atoms with van der Waals surface area (Å²) in [7, 11) is 1.84. The van der Waals surface area contributed by atoms with Crippen molar-refractivity contribution in [3.8, 4) is 22.9 Å². The topological polar surface area (TPSA) is 122 Å². The molecule has 1 saturated heterocycles. The van der Waals surface area contributed by atoms with Crippen LogP contribution in [-0.4, -0.2) is 52.7 Å². The van der Waals surface area contributed by atoms with Crippen molar-refractivity contribution in [3.05, 3.63) is 101 Å². The Labute approximate surface area is 223 Å². The summed E-state index contributed by atoms with van der Waals surface area (Å²) in [6.07, 6.45) is 4.09. The number of carboxylic acids is 1. The van der Waals surface area contributed by atoms with E-state index in [0.29, 0.717) is 24.4 Å². The molecule has 1 aliphatic heterocycles. The Morgan fingerprint density at radius 3 is 2.46 bits per heavy atom. The maximum atomic E-state index is 13.9. The zero-order valence-corrected chi connectivity index (χ0v) is 21.2. The van der Waals surface area contributed by atoms with Crippen molar-refractivity contribution in [2.45, 2.75) is 19.0 Å². The largest absolute Gasteiger partial charge is 0.478 e. The summed E-state index contributed by atoms with van der Waals surface area (Å²) < 4.78 is 5.30. The lowest BCUT2D eigenvalue weighted by Gasteiger charge is -2.16. The van der Waals surface area contributed by atoms with Gasteiger partial charge in [-0.25, -0.2) is 19.6 Å². The van der Waals surface area contributed by atoms with E-state index in [9.17, 15) is 14.9 Å². The predicted octanol–water partition coefficient (Wildman–Crippen LogP) is 3.60. The molecule has 1 unspecified atom stereocenters. The highest BCUT2D eigenvalue weighted by molar-refractivity contribution is 5.88. The van der Waals surface area contributed by atoms with Crippen LogP contribution in [0.4, 0.5) is 0 Å². The Morgan fingerprint density at radius 1 is 1.08 bits per heavy atom. The molecule has 0 bridgehead atoms. The van der Waals surface area contributed by atoms with Gasteiger partial charge in [-0.2, -0.15) is 5.26 Å². The van der Waals surface area contributed by atoms with E-state index in [2.05, 4.69) is 20.9 Å². The first-order chi connectivity index (χ1) is 18.9. The molecule has 0 saturated carbocycles. The summed E-state index contributed by atoms with van der Waals surface area (Å²) in [5.74, 6) is -0.144. The Bertz CT molecular complexity index is 1790. The van der Waals surface area contributed by atoms with Gasteiger partial charge < -0.3 is 9.67 Å². The number of carbonyl (C=O) groups is 1. The summed E-state index contributed by atoms with van der Waals surface area (Å²) >= 11 is 0. The van der Waals surface area contributed by atoms with Gasteiger partial charge in [-0.15, -0.1) is 0 Å². The fraction of sp³-hybridized carbons (Fsp3) is 0.207. The van der Waals surface area contributed by atoms with E-state index >= 15 is 0 Å². The molecule has 0 radical (unpaired) electrons. The fourth-order valence-electron chi connectivity index (χ4n) is 5.30. The second-order valence-electron chi connectivity index (χ2n) is 9.67. The summed E-state index contributed by atoms with van der Waals surface area (Å²) in [6, 6.07) is 20.2. The number of hydrogen-bond acceptors (Lipinski definition) is 6. The molecule has 3 aromatic heterocycles. The van der Waals surface area contributed by atoms with Gasteiger partial charge in [0.15, 0.2) is 5.65 Å². The summed E-state index contributed by atoms with van der Waals surface area (Å²) in [5.41, 5.74) is 4.54. The van der Waals surface area contributed by atoms with Gasteiger partial charge in [0, 0.05) is 26.3 Å². The minimum atomic E-state index is -0.962. The highest BCUT2D eigenvalue weighted by Gasteiger charge is 2.29. The van der Waals surface area contributed by atoms with Crippen LogP contribution in [-0.2, 0) is 13.6 Å². The highest BCUT2D eigenvalue weighted by atomic mass is 16.4. The van der Waals surface area contributed by atoms with Crippen LogP contribution in [0.15, 0.2) is 77.9 Å². The van der Waals surface area contributed by atoms with Gasteiger partial charge in [0.05, 0.1) is 35.6 Å². The van der Waals surface area contributed by atoms with Crippen molar-refractivity contribution in [3.63, 3.8) is 0 Å². The molecule has 0 amide bonds. The number of hydrogen-bond donors (Lipinski definition) is 1. The third-order valence-electron chi connectivity index (χ3n) is 7.40. The number of likely N-dealkylation sites (tertiary alicyclic amines) is 1. The Morgan fingerprint density at radius 2 is 1.79 bits per heavy atom. The van der Waals surface area contributed by atoms with E-state index in [1.54, 1.807) is 50.4 Å². The fourth-order valence-corrected chi connectivity index (χ4v) is 5.30. The molecular weight excluding hydrogens is 494 g/mol. The molecule has 4 heterocycles. The Hall–Kier alpha value is -5.01. The molecule has 1 fully saturated rings. The van der Waals surface area contributed by atoms with Crippen molar-refractivity contribution in [1.82, 2.24) is 28.6 Å². The van der Waals surface area contributed by atoms with Gasteiger partial charge in [0.2, 0.25) is 0 Å². The number of pyridine rings is 1. The van der Waals surface area contributed by atoms with Crippen LogP contribution >= 0.6 is 0 Å². The minimum Gasteiger partial charge on any atom is -0.478 e. The first kappa shape index (κ1) is 24.3. The lowest BCUT2D eigenvalue weighted by molar-refractivity contribution is 0.0697. The van der Waals surface area contributed by atoms with E-state index in [-0.39, 0.29) is 17.3 Å². The molecule has 10 nitrogen and oxygen atoms in total. The SMILES string of the molecule is Cn1c(C#N)cnc1CN1CCC(n2c(=O)n(-c3ccc(-c4ccc(C(=O)O)cc4)cc3)c3cccnc32)C1. The molecular formula is C29H25N7O3. The molecule has 10 heteroatoms. The van der Waals surface area contributed by atoms with Gasteiger partial charge >= 0.3 is 11.7 Å². The molecule has 6 rings (SSSR count). The monoisotopic (exact) mass is 519 g/mol. The zero-order valence-electron chi connectivity index (χ0n) is 21.2. The molecule has 0 spiro atoms. The maximum Gasteiger partial charge on any atom is 0.335 e. The Balaban J connectivity index is 1.30. The highest BCUT2D eigenvalue weighted by Crippen LogP contribution is 2.27. The number of carboxylic acid groups (broad SMARTS) is 1. The van der Waals surface area contributed by atoms with Crippen LogP contribution in [0.1, 0.15) is 34.3 Å². The predicted molar refractivity (Wildman–Crippen MR) is 145 cm³/mol. The summed E-state index contributed by atoms with van der Waals surface area (Å²) in [6.45, 7) is 2.08. The number of benzene rings is 2. The lowest BCUT2D eigenvalue weighted by Crippen LogP contribution is -2.29. The minimum absolute atomic E-state index is 0.0427. The van der Waals surface area contributed by atoms with Crippen LogP contribution in [0.5, 0.6) is 0 Å². The number of fused-ring (bicyclic) bond motifs is 1. The summed E-state index contributed by atoms with van der Waals surface area (Å²) in [5, 5.41) is 18.4. The Kier molecular flexibility index (Phi) is 6.05.